The maximum absolute atomic E-state index is 7.33. The Hall–Kier alpha value is 4.76. The number of hydrogen-bond donors (Lipinski definition) is 8. The monoisotopic (exact) mass is 658 g/mol. The number of rotatable bonds is 0. The molecule has 0 amide bonds. The van der Waals surface area contributed by atoms with E-state index >= 15 is 0 Å². The molecule has 0 aromatic heterocycles. The van der Waals surface area contributed by atoms with Crippen LogP contribution in [0.1, 0.15) is 8.56 Å². The largest absolute Gasteiger partial charge is 0 e. The minimum atomic E-state index is -4.61. The second-order valence-corrected chi connectivity index (χ2v) is 3.60. The van der Waals surface area contributed by atoms with E-state index in [0.29, 0.717) is 0 Å². The molecule has 0 saturated heterocycles. The molecule has 8 nitrogen and oxygen atoms in total. The molecular weight excluding hydrogens is 643 g/mol. The van der Waals surface area contributed by atoms with Crippen LogP contribution in [0.5, 0.6) is 0 Å². The molecular formula is H16BaMg2O8PbSi2Zn. The van der Waals surface area contributed by atoms with Gasteiger partial charge in [-0.15, -0.1) is 0 Å². The molecule has 0 spiro atoms. The van der Waals surface area contributed by atoms with Gasteiger partial charge in [-0.25, -0.2) is 0 Å². The summed E-state index contributed by atoms with van der Waals surface area (Å²) in [6, 6.07) is 0. The van der Waals surface area contributed by atoms with Crippen LogP contribution < -0.4 is 0 Å². The van der Waals surface area contributed by atoms with Crippen LogP contribution in [0.25, 0.3) is 0 Å². The first-order valence-corrected chi connectivity index (χ1v) is 5.37. The zero-order valence-electron chi connectivity index (χ0n) is 14.1. The minimum Gasteiger partial charge on any atom is 0 e. The van der Waals surface area contributed by atoms with Crippen molar-refractivity contribution in [3.8, 4) is 0 Å². The van der Waals surface area contributed by atoms with Gasteiger partial charge >= 0.3 is 140 Å². The van der Waals surface area contributed by atoms with Crippen LogP contribution in [0.15, 0.2) is 0 Å². The summed E-state index contributed by atoms with van der Waals surface area (Å²) < 4.78 is 0. The van der Waals surface area contributed by atoms with Crippen molar-refractivity contribution in [2.45, 2.75) is 0 Å². The van der Waals surface area contributed by atoms with E-state index < -0.39 is 18.1 Å². The van der Waals surface area contributed by atoms with Gasteiger partial charge in [-0.2, -0.15) is 0 Å². The fourth-order valence-corrected chi connectivity index (χ4v) is 0. The van der Waals surface area contributed by atoms with Gasteiger partial charge in [0.2, 0.25) is 0 Å². The van der Waals surface area contributed by atoms with Gasteiger partial charge in [0, 0.05) is 19.5 Å². The molecule has 0 saturated carbocycles. The summed E-state index contributed by atoms with van der Waals surface area (Å²) in [6.45, 7) is 0. The topological polar surface area (TPSA) is 162 Å². The second-order valence-electron chi connectivity index (χ2n) is 1.20. The van der Waals surface area contributed by atoms with Gasteiger partial charge < -0.3 is 46.9 Å². The van der Waals surface area contributed by atoms with Crippen molar-refractivity contribution < 1.29 is 66.4 Å². The molecule has 0 aliphatic heterocycles. The molecule has 0 unspecified atom stereocenters. The zero-order chi connectivity index (χ0) is 9.00. The van der Waals surface area contributed by atoms with Crippen LogP contribution in [-0.4, -0.2) is 179 Å². The van der Waals surface area contributed by atoms with Gasteiger partial charge in [0.1, 0.15) is 0 Å². The van der Waals surface area contributed by atoms with Gasteiger partial charge in [-0.3, -0.25) is 0 Å². The van der Waals surface area contributed by atoms with E-state index in [1.165, 1.54) is 0 Å². The normalized spacial score (nSPS) is 8.00. The van der Waals surface area contributed by atoms with Crippen molar-refractivity contribution in [2.75, 3.05) is 0 Å². The predicted molar refractivity (Wildman–Crippen MR) is 61.7 cm³/mol. The van der Waals surface area contributed by atoms with Crippen LogP contribution >= 0.6 is 0 Å². The third kappa shape index (κ3) is 232. The molecule has 0 aromatic rings. The quantitative estimate of drug-likeness (QED) is 0.119. The maximum atomic E-state index is 7.33. The fourth-order valence-electron chi connectivity index (χ4n) is 0. The predicted octanol–water partition coefficient (Wildman–Crippen LogP) is -6.60. The first kappa shape index (κ1) is 42.7. The molecule has 0 aliphatic carbocycles. The summed E-state index contributed by atoms with van der Waals surface area (Å²) >= 11 is 0. The zero-order valence-corrected chi connectivity index (χ0v) is 25.8. The summed E-state index contributed by atoms with van der Waals surface area (Å²) in [4.78, 5) is 58.6. The van der Waals surface area contributed by atoms with Crippen molar-refractivity contribution >= 4 is 140 Å². The van der Waals surface area contributed by atoms with Gasteiger partial charge in [0.05, 0.1) is 0 Å². The SMILES string of the molecule is O[Si](O)(O)O.O[Si](O)(O)O.[Ba+2].[H-].[H-].[H-].[H-].[H-].[H-].[Mg+2].[Mg+2].[PbH2].[Zn]. The molecule has 0 aliphatic rings. The average Bonchev–Trinajstić information content (AvgIpc) is 1.12. The molecule has 0 rings (SSSR count). The van der Waals surface area contributed by atoms with E-state index in [1.807, 2.05) is 0 Å². The molecule has 0 aromatic carbocycles. The molecule has 15 heavy (non-hydrogen) atoms. The maximum Gasteiger partial charge on any atom is 0 e. The third-order valence-electron chi connectivity index (χ3n) is 0. The molecule has 8 N–H and O–H groups in total. The minimum absolute atomic E-state index is 0. The van der Waals surface area contributed by atoms with Crippen molar-refractivity contribution in [3.63, 3.8) is 0 Å². The fraction of sp³-hybridized carbons (Fsp3) is 0. The summed E-state index contributed by atoms with van der Waals surface area (Å²) in [5.74, 6) is 0. The van der Waals surface area contributed by atoms with Crippen molar-refractivity contribution in [1.82, 2.24) is 0 Å². The van der Waals surface area contributed by atoms with Crippen LogP contribution in [0, 0.1) is 0 Å². The van der Waals surface area contributed by atoms with E-state index in [2.05, 4.69) is 0 Å². The Morgan fingerprint density at radius 1 is 0.600 bits per heavy atom. The molecule has 2 radical (unpaired) electrons. The molecule has 0 fully saturated rings. The first-order chi connectivity index (χ1) is 4.00. The van der Waals surface area contributed by atoms with E-state index in [4.69, 9.17) is 38.4 Å². The Labute approximate surface area is 203 Å². The molecule has 84 valence electrons. The molecule has 0 heterocycles. The Morgan fingerprint density at radius 2 is 0.600 bits per heavy atom. The summed E-state index contributed by atoms with van der Waals surface area (Å²) in [7, 11) is -9.22. The second kappa shape index (κ2) is 21.1. The summed E-state index contributed by atoms with van der Waals surface area (Å²) in [5.41, 5.74) is 0. The summed E-state index contributed by atoms with van der Waals surface area (Å²) in [5, 5.41) is 0. The van der Waals surface area contributed by atoms with Crippen LogP contribution in [0.2, 0.25) is 0 Å². The van der Waals surface area contributed by atoms with Gasteiger partial charge in [0.25, 0.3) is 0 Å². The Kier molecular flexibility index (Phi) is 60.0. The molecule has 15 heteroatoms. The van der Waals surface area contributed by atoms with Crippen molar-refractivity contribution in [2.24, 2.45) is 0 Å². The van der Waals surface area contributed by atoms with Gasteiger partial charge in [-0.1, -0.05) is 0 Å². The van der Waals surface area contributed by atoms with Gasteiger partial charge in [0.15, 0.2) is 0 Å². The third-order valence-corrected chi connectivity index (χ3v) is 0. The van der Waals surface area contributed by atoms with E-state index in [1.54, 1.807) is 0 Å². The van der Waals surface area contributed by atoms with E-state index in [9.17, 15) is 0 Å². The van der Waals surface area contributed by atoms with Crippen LogP contribution in [-0.2, 0) is 19.5 Å². The number of hydrogen-bond acceptors (Lipinski definition) is 8. The smallest absolute Gasteiger partial charge is 0 e. The average molecular weight is 659 g/mol. The Bertz CT molecular complexity index is 91.7. The summed E-state index contributed by atoms with van der Waals surface area (Å²) in [6.07, 6.45) is 0. The van der Waals surface area contributed by atoms with E-state index in [0.717, 1.165) is 0 Å². The standard InChI is InChI=1S/Ba.2Mg.2H4O4Si.Pb.Zn.8H/c;;;2*1-5(2,3)4;;;;;;;;;;/h;;;2*1-4H;;;;;;;;;;/q3*+2;;;;;;;6*-1. The van der Waals surface area contributed by atoms with Gasteiger partial charge in [-0.05, 0) is 0 Å². The van der Waals surface area contributed by atoms with Crippen molar-refractivity contribution in [1.29, 1.82) is 0 Å². The molecule has 0 atom stereocenters. The Balaban J connectivity index is -0.00000000364. The van der Waals surface area contributed by atoms with E-state index in [-0.39, 0.29) is 150 Å². The van der Waals surface area contributed by atoms with Crippen LogP contribution in [0.4, 0.5) is 0 Å². The Morgan fingerprint density at radius 3 is 0.600 bits per heavy atom. The first-order valence-electron chi connectivity index (χ1n) is 1.79. The molecule has 0 bridgehead atoms. The van der Waals surface area contributed by atoms with Crippen LogP contribution in [0.3, 0.4) is 0 Å². The van der Waals surface area contributed by atoms with Crippen molar-refractivity contribution in [3.05, 3.63) is 0 Å².